The maximum Gasteiger partial charge on any atom is 0.183 e. The summed E-state index contributed by atoms with van der Waals surface area (Å²) in [5.74, 6) is 2.02. The Morgan fingerprint density at radius 2 is 1.97 bits per heavy atom. The second kappa shape index (κ2) is 8.27. The lowest BCUT2D eigenvalue weighted by atomic mass is 9.84. The molecular weight excluding hydrogens is 380 g/mol. The molecule has 29 heavy (non-hydrogen) atoms. The lowest BCUT2D eigenvalue weighted by Gasteiger charge is -2.21. The number of nitrogens with zero attached hydrogens (tertiary/aromatic N) is 2. The van der Waals surface area contributed by atoms with E-state index in [1.54, 1.807) is 0 Å². The second-order valence-corrected chi connectivity index (χ2v) is 9.92. The van der Waals surface area contributed by atoms with Crippen LogP contribution in [0.2, 0.25) is 0 Å². The molecule has 0 bridgehead atoms. The number of hydrogen-bond donors (Lipinski definition) is 0. The summed E-state index contributed by atoms with van der Waals surface area (Å²) in [5, 5.41) is 5.01. The summed E-state index contributed by atoms with van der Waals surface area (Å²) in [6.45, 7) is 3.87. The maximum atomic E-state index is 13.5. The van der Waals surface area contributed by atoms with Gasteiger partial charge in [0.1, 0.15) is 5.69 Å². The van der Waals surface area contributed by atoms with Gasteiger partial charge in [-0.3, -0.25) is 9.48 Å². The van der Waals surface area contributed by atoms with E-state index in [2.05, 4.69) is 35.9 Å². The molecule has 1 aromatic heterocycles. The molecule has 4 nitrogen and oxygen atoms in total. The molecule has 2 aromatic rings. The minimum atomic E-state index is 0.233. The Morgan fingerprint density at radius 3 is 2.83 bits per heavy atom. The zero-order chi connectivity index (χ0) is 19.8. The van der Waals surface area contributed by atoms with Crippen LogP contribution >= 0.6 is 11.8 Å². The molecule has 2 unspecified atom stereocenters. The molecule has 0 amide bonds. The number of Topliss-reactive ketones (excluding diaryl/α,β-unsaturated/α-hetero) is 1. The highest BCUT2D eigenvalue weighted by Gasteiger charge is 2.33. The quantitative estimate of drug-likeness (QED) is 0.588. The van der Waals surface area contributed by atoms with Gasteiger partial charge in [0.2, 0.25) is 0 Å². The molecule has 0 radical (unpaired) electrons. The second-order valence-electron chi connectivity index (χ2n) is 8.90. The molecule has 3 heterocycles. The highest BCUT2D eigenvalue weighted by atomic mass is 32.2. The fourth-order valence-corrected chi connectivity index (χ4v) is 6.30. The third-order valence-corrected chi connectivity index (χ3v) is 8.16. The van der Waals surface area contributed by atoms with Gasteiger partial charge >= 0.3 is 0 Å². The Kier molecular flexibility index (Phi) is 5.53. The van der Waals surface area contributed by atoms with Gasteiger partial charge in [-0.05, 0) is 43.6 Å². The molecule has 2 aliphatic heterocycles. The van der Waals surface area contributed by atoms with Crippen molar-refractivity contribution in [2.45, 2.75) is 68.6 Å². The van der Waals surface area contributed by atoms with E-state index in [0.29, 0.717) is 24.3 Å². The summed E-state index contributed by atoms with van der Waals surface area (Å²) in [6.07, 6.45) is 7.51. The largest absolute Gasteiger partial charge is 0.381 e. The molecule has 1 aromatic carbocycles. The van der Waals surface area contributed by atoms with Gasteiger partial charge in [0, 0.05) is 41.4 Å². The summed E-state index contributed by atoms with van der Waals surface area (Å²) < 4.78 is 7.88. The molecule has 1 saturated carbocycles. The first-order valence-corrected chi connectivity index (χ1v) is 12.2. The van der Waals surface area contributed by atoms with Gasteiger partial charge in [0.25, 0.3) is 0 Å². The van der Waals surface area contributed by atoms with Crippen LogP contribution in [0.5, 0.6) is 0 Å². The Labute approximate surface area is 177 Å². The summed E-state index contributed by atoms with van der Waals surface area (Å²) in [7, 11) is 0. The van der Waals surface area contributed by atoms with E-state index in [0.717, 1.165) is 37.5 Å². The van der Waals surface area contributed by atoms with Gasteiger partial charge in [-0.1, -0.05) is 38.0 Å². The fourth-order valence-electron chi connectivity index (χ4n) is 5.23. The monoisotopic (exact) mass is 410 g/mol. The molecule has 2 atom stereocenters. The number of carbonyl (C=O) groups is 1. The van der Waals surface area contributed by atoms with Crippen LogP contribution in [0.4, 0.5) is 0 Å². The van der Waals surface area contributed by atoms with Gasteiger partial charge in [-0.25, -0.2) is 0 Å². The van der Waals surface area contributed by atoms with Crippen molar-refractivity contribution in [1.82, 2.24) is 9.78 Å². The first-order chi connectivity index (χ1) is 14.2. The number of fused-ring (bicyclic) bond motifs is 3. The number of rotatable bonds is 4. The fraction of sp³-hybridized carbons (Fsp3) is 0.583. The van der Waals surface area contributed by atoms with Crippen molar-refractivity contribution in [2.75, 3.05) is 13.2 Å². The Morgan fingerprint density at radius 1 is 1.17 bits per heavy atom. The molecule has 5 heteroatoms. The van der Waals surface area contributed by atoms with E-state index in [-0.39, 0.29) is 5.78 Å². The average Bonchev–Trinajstić information content (AvgIpc) is 3.35. The van der Waals surface area contributed by atoms with Crippen molar-refractivity contribution in [3.63, 3.8) is 0 Å². The van der Waals surface area contributed by atoms with Crippen molar-refractivity contribution in [2.24, 2.45) is 11.8 Å². The molecule has 1 saturated heterocycles. The maximum absolute atomic E-state index is 13.5. The van der Waals surface area contributed by atoms with Crippen LogP contribution in [-0.2, 0) is 10.5 Å². The molecule has 1 aliphatic carbocycles. The van der Waals surface area contributed by atoms with Crippen LogP contribution in [0.3, 0.4) is 0 Å². The van der Waals surface area contributed by atoms with Gasteiger partial charge in [0.15, 0.2) is 5.78 Å². The van der Waals surface area contributed by atoms with Crippen LogP contribution in [0, 0.1) is 11.8 Å². The summed E-state index contributed by atoms with van der Waals surface area (Å²) in [6, 6.07) is 9.05. The van der Waals surface area contributed by atoms with E-state index in [1.165, 1.54) is 47.4 Å². The van der Waals surface area contributed by atoms with E-state index < -0.39 is 0 Å². The molecular formula is C24H30N2O2S. The molecule has 3 aliphatic rings. The van der Waals surface area contributed by atoms with Crippen LogP contribution in [0.25, 0.3) is 11.3 Å². The minimum Gasteiger partial charge on any atom is -0.381 e. The number of ketones is 1. The zero-order valence-electron chi connectivity index (χ0n) is 17.2. The van der Waals surface area contributed by atoms with Gasteiger partial charge in [0.05, 0.1) is 11.7 Å². The average molecular weight is 411 g/mol. The Bertz CT molecular complexity index is 900. The smallest absolute Gasteiger partial charge is 0.183 e. The SMILES string of the molecule is CC1CCOCCC1CC(=O)c1nn(C2CCCC2)c2c1CSc1ccccc1-2. The minimum absolute atomic E-state index is 0.233. The predicted octanol–water partition coefficient (Wildman–Crippen LogP) is 5.91. The highest BCUT2D eigenvalue weighted by molar-refractivity contribution is 7.98. The van der Waals surface area contributed by atoms with E-state index in [1.807, 2.05) is 11.8 Å². The topological polar surface area (TPSA) is 44.1 Å². The third-order valence-electron chi connectivity index (χ3n) is 7.06. The Balaban J connectivity index is 1.52. The number of benzene rings is 1. The number of hydrogen-bond acceptors (Lipinski definition) is 4. The lowest BCUT2D eigenvalue weighted by Crippen LogP contribution is -2.17. The zero-order valence-corrected chi connectivity index (χ0v) is 18.0. The van der Waals surface area contributed by atoms with E-state index >= 15 is 0 Å². The van der Waals surface area contributed by atoms with Crippen molar-refractivity contribution >= 4 is 17.5 Å². The normalized spacial score (nSPS) is 24.7. The Hall–Kier alpha value is -1.59. The van der Waals surface area contributed by atoms with Crippen LogP contribution in [-0.4, -0.2) is 28.8 Å². The van der Waals surface area contributed by atoms with Gasteiger partial charge in [-0.15, -0.1) is 11.8 Å². The summed E-state index contributed by atoms with van der Waals surface area (Å²) >= 11 is 1.84. The summed E-state index contributed by atoms with van der Waals surface area (Å²) in [5.41, 5.74) is 4.38. The van der Waals surface area contributed by atoms with Gasteiger partial charge in [-0.2, -0.15) is 5.10 Å². The standard InChI is InChI=1S/C24H30N2O2S/c1-16-10-12-28-13-11-17(16)14-21(27)23-20-15-29-22-9-5-4-8-19(22)24(20)26(25-23)18-6-2-3-7-18/h4-5,8-9,16-18H,2-3,6-7,10-15H2,1H3. The van der Waals surface area contributed by atoms with Crippen molar-refractivity contribution in [1.29, 1.82) is 0 Å². The molecule has 0 spiro atoms. The van der Waals surface area contributed by atoms with Crippen LogP contribution < -0.4 is 0 Å². The first-order valence-electron chi connectivity index (χ1n) is 11.2. The number of ether oxygens (including phenoxy) is 1. The predicted molar refractivity (Wildman–Crippen MR) is 116 cm³/mol. The van der Waals surface area contributed by atoms with Crippen LogP contribution in [0.15, 0.2) is 29.2 Å². The number of aromatic nitrogens is 2. The molecule has 0 N–H and O–H groups in total. The first kappa shape index (κ1) is 19.4. The van der Waals surface area contributed by atoms with E-state index in [4.69, 9.17) is 9.84 Å². The molecule has 5 rings (SSSR count). The van der Waals surface area contributed by atoms with Crippen molar-refractivity contribution < 1.29 is 9.53 Å². The van der Waals surface area contributed by atoms with Crippen molar-refractivity contribution in [3.8, 4) is 11.3 Å². The van der Waals surface area contributed by atoms with E-state index in [9.17, 15) is 4.79 Å². The number of thioether (sulfide) groups is 1. The van der Waals surface area contributed by atoms with Gasteiger partial charge < -0.3 is 4.74 Å². The third kappa shape index (κ3) is 3.68. The molecule has 2 fully saturated rings. The summed E-state index contributed by atoms with van der Waals surface area (Å²) in [4.78, 5) is 14.8. The highest BCUT2D eigenvalue weighted by Crippen LogP contribution is 2.45. The molecule has 154 valence electrons. The lowest BCUT2D eigenvalue weighted by molar-refractivity contribution is 0.0934. The van der Waals surface area contributed by atoms with Crippen molar-refractivity contribution in [3.05, 3.63) is 35.5 Å². The van der Waals surface area contributed by atoms with Crippen LogP contribution in [0.1, 0.15) is 74.0 Å². The number of carbonyl (C=O) groups excluding carboxylic acids is 1.